The number of amides is 1. The standard InChI is InChI=1S/C21H21F2N5O/c22-17-4-1-15(2-5-17)13-28-10-8-19(26-28)25-21(29)11-16-3-6-20(24-12-16)27-9-7-18(23)14-27/h1-6,8,10,12,18H,7,9,11,13-14H2,(H,25,26,29)/t18-/m0/s1. The second kappa shape index (κ2) is 8.38. The van der Waals surface area contributed by atoms with Crippen LogP contribution in [0.5, 0.6) is 0 Å². The number of nitrogens with zero attached hydrogens (tertiary/aromatic N) is 4. The molecule has 1 aromatic carbocycles. The van der Waals surface area contributed by atoms with Crippen molar-refractivity contribution in [1.82, 2.24) is 14.8 Å². The first-order valence-corrected chi connectivity index (χ1v) is 9.47. The van der Waals surface area contributed by atoms with Gasteiger partial charge in [-0.05, 0) is 35.7 Å². The molecule has 0 saturated carbocycles. The molecule has 3 heterocycles. The van der Waals surface area contributed by atoms with Gasteiger partial charge < -0.3 is 10.2 Å². The summed E-state index contributed by atoms with van der Waals surface area (Å²) in [6.45, 7) is 1.51. The molecule has 29 heavy (non-hydrogen) atoms. The monoisotopic (exact) mass is 397 g/mol. The second-order valence-corrected chi connectivity index (χ2v) is 7.11. The molecule has 6 nitrogen and oxygen atoms in total. The summed E-state index contributed by atoms with van der Waals surface area (Å²) < 4.78 is 28.0. The quantitative estimate of drug-likeness (QED) is 0.694. The lowest BCUT2D eigenvalue weighted by molar-refractivity contribution is -0.115. The number of carbonyl (C=O) groups is 1. The zero-order chi connectivity index (χ0) is 20.2. The molecule has 0 bridgehead atoms. The summed E-state index contributed by atoms with van der Waals surface area (Å²) in [6, 6.07) is 11.6. The molecule has 0 spiro atoms. The first-order valence-electron chi connectivity index (χ1n) is 9.47. The van der Waals surface area contributed by atoms with Crippen LogP contribution in [0.25, 0.3) is 0 Å². The number of carbonyl (C=O) groups excluding carboxylic acids is 1. The molecular weight excluding hydrogens is 376 g/mol. The van der Waals surface area contributed by atoms with Crippen LogP contribution in [0.1, 0.15) is 17.5 Å². The number of rotatable bonds is 6. The van der Waals surface area contributed by atoms with Crippen LogP contribution in [0.3, 0.4) is 0 Å². The Labute approximate surface area is 167 Å². The topological polar surface area (TPSA) is 63.1 Å². The molecule has 1 aliphatic heterocycles. The number of hydrogen-bond donors (Lipinski definition) is 1. The van der Waals surface area contributed by atoms with E-state index in [1.807, 2.05) is 17.0 Å². The van der Waals surface area contributed by atoms with Crippen molar-refractivity contribution in [3.8, 4) is 0 Å². The maximum absolute atomic E-state index is 13.3. The molecule has 1 atom stereocenters. The minimum Gasteiger partial charge on any atom is -0.354 e. The van der Waals surface area contributed by atoms with Crippen molar-refractivity contribution in [3.63, 3.8) is 0 Å². The number of halogens is 2. The third-order valence-corrected chi connectivity index (χ3v) is 4.79. The van der Waals surface area contributed by atoms with E-state index in [-0.39, 0.29) is 18.1 Å². The highest BCUT2D eigenvalue weighted by atomic mass is 19.1. The molecule has 1 fully saturated rings. The number of alkyl halides is 1. The Hall–Kier alpha value is -3.29. The predicted molar refractivity (Wildman–Crippen MR) is 106 cm³/mol. The first-order chi connectivity index (χ1) is 14.0. The molecule has 4 rings (SSSR count). The summed E-state index contributed by atoms with van der Waals surface area (Å²) in [5, 5.41) is 7.08. The molecule has 0 radical (unpaired) electrons. The molecular formula is C21H21F2N5O. The van der Waals surface area contributed by atoms with Crippen molar-refractivity contribution in [2.75, 3.05) is 23.3 Å². The van der Waals surface area contributed by atoms with Crippen LogP contribution in [0.4, 0.5) is 20.4 Å². The van der Waals surface area contributed by atoms with Crippen molar-refractivity contribution < 1.29 is 13.6 Å². The summed E-state index contributed by atoms with van der Waals surface area (Å²) in [5.74, 6) is 0.704. The lowest BCUT2D eigenvalue weighted by atomic mass is 10.2. The van der Waals surface area contributed by atoms with E-state index in [4.69, 9.17) is 0 Å². The van der Waals surface area contributed by atoms with Crippen molar-refractivity contribution in [1.29, 1.82) is 0 Å². The Balaban J connectivity index is 1.30. The molecule has 1 N–H and O–H groups in total. The Bertz CT molecular complexity index is 971. The number of anilines is 2. The van der Waals surface area contributed by atoms with Gasteiger partial charge in [0.2, 0.25) is 5.91 Å². The van der Waals surface area contributed by atoms with Gasteiger partial charge in [0.25, 0.3) is 0 Å². The van der Waals surface area contributed by atoms with Gasteiger partial charge in [0.15, 0.2) is 5.82 Å². The van der Waals surface area contributed by atoms with Gasteiger partial charge in [-0.2, -0.15) is 5.10 Å². The fourth-order valence-corrected chi connectivity index (χ4v) is 3.30. The third-order valence-electron chi connectivity index (χ3n) is 4.79. The van der Waals surface area contributed by atoms with Crippen LogP contribution in [0.2, 0.25) is 0 Å². The van der Waals surface area contributed by atoms with Crippen molar-refractivity contribution in [2.45, 2.75) is 25.6 Å². The first kappa shape index (κ1) is 19.0. The van der Waals surface area contributed by atoms with Gasteiger partial charge in [-0.15, -0.1) is 0 Å². The largest absolute Gasteiger partial charge is 0.354 e. The summed E-state index contributed by atoms with van der Waals surface area (Å²) in [6.07, 6.45) is 3.30. The zero-order valence-electron chi connectivity index (χ0n) is 15.8. The van der Waals surface area contributed by atoms with E-state index in [1.165, 1.54) is 12.1 Å². The highest BCUT2D eigenvalue weighted by molar-refractivity contribution is 5.91. The van der Waals surface area contributed by atoms with E-state index >= 15 is 0 Å². The van der Waals surface area contributed by atoms with Crippen LogP contribution >= 0.6 is 0 Å². The van der Waals surface area contributed by atoms with E-state index in [2.05, 4.69) is 15.4 Å². The van der Waals surface area contributed by atoms with Crippen LogP contribution in [-0.4, -0.2) is 39.9 Å². The van der Waals surface area contributed by atoms with Gasteiger partial charge in [-0.3, -0.25) is 9.48 Å². The van der Waals surface area contributed by atoms with Gasteiger partial charge in [-0.25, -0.2) is 13.8 Å². The van der Waals surface area contributed by atoms with E-state index < -0.39 is 6.17 Å². The summed E-state index contributed by atoms with van der Waals surface area (Å²) in [5.41, 5.74) is 1.68. The normalized spacial score (nSPS) is 16.2. The number of hydrogen-bond acceptors (Lipinski definition) is 4. The molecule has 0 unspecified atom stereocenters. The van der Waals surface area contributed by atoms with Gasteiger partial charge in [0.1, 0.15) is 17.8 Å². The van der Waals surface area contributed by atoms with Gasteiger partial charge in [-0.1, -0.05) is 18.2 Å². The Morgan fingerprint density at radius 1 is 1.14 bits per heavy atom. The second-order valence-electron chi connectivity index (χ2n) is 7.11. The lowest BCUT2D eigenvalue weighted by Crippen LogP contribution is -2.21. The molecule has 1 amide bonds. The summed E-state index contributed by atoms with van der Waals surface area (Å²) >= 11 is 0. The van der Waals surface area contributed by atoms with E-state index in [0.29, 0.717) is 31.9 Å². The van der Waals surface area contributed by atoms with Crippen LogP contribution in [0.15, 0.2) is 54.9 Å². The number of benzene rings is 1. The van der Waals surface area contributed by atoms with E-state index in [1.54, 1.807) is 35.3 Å². The fourth-order valence-electron chi connectivity index (χ4n) is 3.30. The molecule has 1 saturated heterocycles. The highest BCUT2D eigenvalue weighted by Crippen LogP contribution is 2.20. The maximum Gasteiger partial charge on any atom is 0.230 e. The van der Waals surface area contributed by atoms with Crippen molar-refractivity contribution in [2.24, 2.45) is 0 Å². The zero-order valence-corrected chi connectivity index (χ0v) is 15.8. The Kier molecular flexibility index (Phi) is 5.50. The average Bonchev–Trinajstić information content (AvgIpc) is 3.33. The minimum absolute atomic E-state index is 0.170. The fraction of sp³-hybridized carbons (Fsp3) is 0.286. The van der Waals surface area contributed by atoms with Crippen LogP contribution in [0, 0.1) is 5.82 Å². The number of aromatic nitrogens is 3. The smallest absolute Gasteiger partial charge is 0.230 e. The predicted octanol–water partition coefficient (Wildman–Crippen LogP) is 3.19. The highest BCUT2D eigenvalue weighted by Gasteiger charge is 2.22. The van der Waals surface area contributed by atoms with Crippen LogP contribution in [-0.2, 0) is 17.8 Å². The van der Waals surface area contributed by atoms with Crippen molar-refractivity contribution in [3.05, 3.63) is 71.8 Å². The SMILES string of the molecule is O=C(Cc1ccc(N2CC[C@H](F)C2)nc1)Nc1ccn(Cc2ccc(F)cc2)n1. The summed E-state index contributed by atoms with van der Waals surface area (Å²) in [7, 11) is 0. The lowest BCUT2D eigenvalue weighted by Gasteiger charge is -2.16. The Morgan fingerprint density at radius 2 is 1.93 bits per heavy atom. The average molecular weight is 397 g/mol. The molecule has 3 aromatic rings. The van der Waals surface area contributed by atoms with Gasteiger partial charge in [0.05, 0.1) is 19.5 Å². The Morgan fingerprint density at radius 3 is 2.62 bits per heavy atom. The third kappa shape index (κ3) is 4.96. The molecule has 150 valence electrons. The molecule has 0 aliphatic carbocycles. The minimum atomic E-state index is -0.801. The number of nitrogens with one attached hydrogen (secondary N) is 1. The van der Waals surface area contributed by atoms with Crippen molar-refractivity contribution >= 4 is 17.5 Å². The van der Waals surface area contributed by atoms with Gasteiger partial charge in [0, 0.05) is 25.0 Å². The van der Waals surface area contributed by atoms with Gasteiger partial charge >= 0.3 is 0 Å². The maximum atomic E-state index is 13.3. The molecule has 2 aromatic heterocycles. The molecule has 1 aliphatic rings. The van der Waals surface area contributed by atoms with Crippen LogP contribution < -0.4 is 10.2 Å². The van der Waals surface area contributed by atoms with E-state index in [0.717, 1.165) is 16.9 Å². The number of pyridine rings is 1. The summed E-state index contributed by atoms with van der Waals surface area (Å²) in [4.78, 5) is 18.5. The van der Waals surface area contributed by atoms with E-state index in [9.17, 15) is 13.6 Å². The molecule has 8 heteroatoms.